The molecule has 1 aromatic carbocycles. The van der Waals surface area contributed by atoms with E-state index in [4.69, 9.17) is 4.74 Å². The molecule has 0 aliphatic heterocycles. The Labute approximate surface area is 116 Å². The van der Waals surface area contributed by atoms with Gasteiger partial charge in [0.05, 0.1) is 0 Å². The van der Waals surface area contributed by atoms with Gasteiger partial charge >= 0.3 is 6.09 Å². The maximum Gasteiger partial charge on any atom is 0.426 e. The SMILES string of the molecule is CC(C)(C)OC(=O)NNC(=O)/C=C/c1ccc(F)cc1. The number of carbonyl (C=O) groups excluding carboxylic acids is 2. The van der Waals surface area contributed by atoms with Crippen LogP contribution in [0, 0.1) is 5.82 Å². The van der Waals surface area contributed by atoms with Gasteiger partial charge in [0.25, 0.3) is 5.91 Å². The summed E-state index contributed by atoms with van der Waals surface area (Å²) in [5, 5.41) is 0. The number of rotatable bonds is 2. The van der Waals surface area contributed by atoms with E-state index in [9.17, 15) is 14.0 Å². The molecule has 0 unspecified atom stereocenters. The van der Waals surface area contributed by atoms with Gasteiger partial charge in [-0.3, -0.25) is 10.2 Å². The number of ether oxygens (including phenoxy) is 1. The third-order valence-electron chi connectivity index (χ3n) is 1.98. The summed E-state index contributed by atoms with van der Waals surface area (Å²) in [7, 11) is 0. The molecule has 2 amide bonds. The number of hydrogen-bond donors (Lipinski definition) is 2. The van der Waals surface area contributed by atoms with E-state index in [1.54, 1.807) is 20.8 Å². The number of halogens is 1. The van der Waals surface area contributed by atoms with Crippen molar-refractivity contribution in [1.29, 1.82) is 0 Å². The van der Waals surface area contributed by atoms with Crippen molar-refractivity contribution in [2.45, 2.75) is 26.4 Å². The topological polar surface area (TPSA) is 67.4 Å². The third kappa shape index (κ3) is 6.53. The molecule has 1 aromatic rings. The first kappa shape index (κ1) is 15.7. The van der Waals surface area contributed by atoms with E-state index in [0.29, 0.717) is 5.56 Å². The van der Waals surface area contributed by atoms with Crippen LogP contribution in [0.3, 0.4) is 0 Å². The lowest BCUT2D eigenvalue weighted by Gasteiger charge is -2.19. The standard InChI is InChI=1S/C14H17FN2O3/c1-14(2,3)20-13(19)17-16-12(18)9-6-10-4-7-11(15)8-5-10/h4-9H,1-3H3,(H,16,18)(H,17,19)/b9-6+. The highest BCUT2D eigenvalue weighted by Crippen LogP contribution is 2.06. The molecule has 108 valence electrons. The fourth-order valence-electron chi connectivity index (χ4n) is 1.20. The Hall–Kier alpha value is -2.37. The number of amides is 2. The predicted octanol–water partition coefficient (Wildman–Crippen LogP) is 2.39. The Balaban J connectivity index is 2.40. The van der Waals surface area contributed by atoms with Crippen LogP contribution in [0.4, 0.5) is 9.18 Å². The average molecular weight is 280 g/mol. The summed E-state index contributed by atoms with van der Waals surface area (Å²) < 4.78 is 17.6. The van der Waals surface area contributed by atoms with Crippen LogP contribution in [0.15, 0.2) is 30.3 Å². The zero-order chi connectivity index (χ0) is 15.2. The minimum atomic E-state index is -0.749. The molecular weight excluding hydrogens is 263 g/mol. The van der Waals surface area contributed by atoms with Crippen molar-refractivity contribution in [2.75, 3.05) is 0 Å². The second kappa shape index (κ2) is 6.70. The highest BCUT2D eigenvalue weighted by molar-refractivity contribution is 5.92. The second-order valence-electron chi connectivity index (χ2n) is 5.00. The molecule has 0 aliphatic carbocycles. The van der Waals surface area contributed by atoms with Crippen LogP contribution in [0.1, 0.15) is 26.3 Å². The predicted molar refractivity (Wildman–Crippen MR) is 72.9 cm³/mol. The number of nitrogens with one attached hydrogen (secondary N) is 2. The van der Waals surface area contributed by atoms with Crippen molar-refractivity contribution >= 4 is 18.1 Å². The molecule has 0 saturated carbocycles. The van der Waals surface area contributed by atoms with Gasteiger partial charge in [-0.1, -0.05) is 12.1 Å². The van der Waals surface area contributed by atoms with Gasteiger partial charge in [0, 0.05) is 6.08 Å². The summed E-state index contributed by atoms with van der Waals surface area (Å²) in [6.45, 7) is 5.13. The molecule has 0 heterocycles. The molecule has 6 heteroatoms. The van der Waals surface area contributed by atoms with Gasteiger partial charge in [0.1, 0.15) is 11.4 Å². The number of benzene rings is 1. The van der Waals surface area contributed by atoms with Crippen molar-refractivity contribution in [3.05, 3.63) is 41.7 Å². The Kier molecular flexibility index (Phi) is 5.25. The highest BCUT2D eigenvalue weighted by Gasteiger charge is 2.15. The molecule has 0 saturated heterocycles. The fourth-order valence-corrected chi connectivity index (χ4v) is 1.20. The van der Waals surface area contributed by atoms with Crippen molar-refractivity contribution in [2.24, 2.45) is 0 Å². The van der Waals surface area contributed by atoms with E-state index < -0.39 is 17.6 Å². The monoisotopic (exact) mass is 280 g/mol. The lowest BCUT2D eigenvalue weighted by Crippen LogP contribution is -2.43. The molecule has 5 nitrogen and oxygen atoms in total. The average Bonchev–Trinajstić information content (AvgIpc) is 2.33. The van der Waals surface area contributed by atoms with Crippen LogP contribution < -0.4 is 10.9 Å². The zero-order valence-electron chi connectivity index (χ0n) is 11.6. The summed E-state index contributed by atoms with van der Waals surface area (Å²) >= 11 is 0. The molecule has 0 fully saturated rings. The van der Waals surface area contributed by atoms with Crippen molar-refractivity contribution in [1.82, 2.24) is 10.9 Å². The number of hydrazine groups is 1. The molecule has 0 atom stereocenters. The number of carbonyl (C=O) groups is 2. The van der Waals surface area contributed by atoms with Gasteiger partial charge in [0.2, 0.25) is 0 Å². The van der Waals surface area contributed by atoms with Gasteiger partial charge in [-0.25, -0.2) is 14.6 Å². The van der Waals surface area contributed by atoms with Crippen LogP contribution in [-0.2, 0) is 9.53 Å². The Morgan fingerprint density at radius 2 is 1.75 bits per heavy atom. The smallest absolute Gasteiger partial charge is 0.426 e. The Morgan fingerprint density at radius 1 is 1.15 bits per heavy atom. The van der Waals surface area contributed by atoms with Gasteiger partial charge in [-0.2, -0.15) is 0 Å². The zero-order valence-corrected chi connectivity index (χ0v) is 11.6. The molecule has 0 aliphatic rings. The molecule has 1 rings (SSSR count). The lowest BCUT2D eigenvalue weighted by molar-refractivity contribution is -0.117. The van der Waals surface area contributed by atoms with E-state index in [-0.39, 0.29) is 5.82 Å². The number of hydrogen-bond acceptors (Lipinski definition) is 3. The van der Waals surface area contributed by atoms with Crippen LogP contribution >= 0.6 is 0 Å². The summed E-state index contributed by atoms with van der Waals surface area (Å²) in [6.07, 6.45) is 1.96. The van der Waals surface area contributed by atoms with Crippen LogP contribution in [-0.4, -0.2) is 17.6 Å². The highest BCUT2D eigenvalue weighted by atomic mass is 19.1. The van der Waals surface area contributed by atoms with Gasteiger partial charge in [-0.05, 0) is 44.5 Å². The van der Waals surface area contributed by atoms with E-state index in [1.807, 2.05) is 0 Å². The molecule has 0 radical (unpaired) electrons. The van der Waals surface area contributed by atoms with Crippen molar-refractivity contribution < 1.29 is 18.7 Å². The van der Waals surface area contributed by atoms with Gasteiger partial charge < -0.3 is 4.74 Å². The van der Waals surface area contributed by atoms with E-state index in [0.717, 1.165) is 0 Å². The van der Waals surface area contributed by atoms with Gasteiger partial charge in [-0.15, -0.1) is 0 Å². The first-order valence-corrected chi connectivity index (χ1v) is 5.99. The fraction of sp³-hybridized carbons (Fsp3) is 0.286. The summed E-state index contributed by atoms with van der Waals surface area (Å²) in [5.41, 5.74) is 4.30. The lowest BCUT2D eigenvalue weighted by atomic mass is 10.2. The third-order valence-corrected chi connectivity index (χ3v) is 1.98. The molecule has 0 aromatic heterocycles. The summed E-state index contributed by atoms with van der Waals surface area (Å²) in [4.78, 5) is 22.7. The Bertz CT molecular complexity index is 504. The summed E-state index contributed by atoms with van der Waals surface area (Å²) in [5.74, 6) is -0.877. The largest absolute Gasteiger partial charge is 0.443 e. The maximum atomic E-state index is 12.7. The van der Waals surface area contributed by atoms with E-state index >= 15 is 0 Å². The maximum absolute atomic E-state index is 12.7. The van der Waals surface area contributed by atoms with E-state index in [1.165, 1.54) is 36.4 Å². The van der Waals surface area contributed by atoms with Crippen molar-refractivity contribution in [3.63, 3.8) is 0 Å². The van der Waals surface area contributed by atoms with Crippen molar-refractivity contribution in [3.8, 4) is 0 Å². The molecule has 20 heavy (non-hydrogen) atoms. The van der Waals surface area contributed by atoms with Crippen LogP contribution in [0.25, 0.3) is 6.08 Å². The minimum absolute atomic E-state index is 0.349. The second-order valence-corrected chi connectivity index (χ2v) is 5.00. The van der Waals surface area contributed by atoms with Gasteiger partial charge in [0.15, 0.2) is 0 Å². The first-order chi connectivity index (χ1) is 9.26. The molecular formula is C14H17FN2O3. The first-order valence-electron chi connectivity index (χ1n) is 5.99. The van der Waals surface area contributed by atoms with E-state index in [2.05, 4.69) is 10.9 Å². The molecule has 2 N–H and O–H groups in total. The quantitative estimate of drug-likeness (QED) is 0.645. The molecule has 0 bridgehead atoms. The summed E-state index contributed by atoms with van der Waals surface area (Å²) in [6, 6.07) is 5.63. The molecule has 0 spiro atoms. The Morgan fingerprint density at radius 3 is 2.30 bits per heavy atom. The normalized spacial score (nSPS) is 11.2. The van der Waals surface area contributed by atoms with Crippen LogP contribution in [0.5, 0.6) is 0 Å². The van der Waals surface area contributed by atoms with Crippen LogP contribution in [0.2, 0.25) is 0 Å². The minimum Gasteiger partial charge on any atom is -0.443 e.